The number of halogens is 2. The molecule has 1 aromatic heterocycles. The Morgan fingerprint density at radius 1 is 1.08 bits per heavy atom. The van der Waals surface area contributed by atoms with Crippen LogP contribution in [0.2, 0.25) is 10.0 Å². The van der Waals surface area contributed by atoms with Crippen LogP contribution in [0, 0.1) is 6.92 Å². The van der Waals surface area contributed by atoms with Crippen molar-refractivity contribution in [2.24, 2.45) is 5.10 Å². The number of hydrogen-bond acceptors (Lipinski definition) is 3. The van der Waals surface area contributed by atoms with Crippen molar-refractivity contribution in [2.45, 2.75) is 13.8 Å². The summed E-state index contributed by atoms with van der Waals surface area (Å²) in [7, 11) is 0. The van der Waals surface area contributed by atoms with Gasteiger partial charge in [-0.3, -0.25) is 9.78 Å². The van der Waals surface area contributed by atoms with Gasteiger partial charge in [0.25, 0.3) is 5.91 Å². The van der Waals surface area contributed by atoms with Gasteiger partial charge in [0.05, 0.1) is 26.8 Å². The zero-order valence-corrected chi connectivity index (χ0v) is 15.2. The second kappa shape index (κ2) is 7.21. The van der Waals surface area contributed by atoms with Crippen LogP contribution < -0.4 is 5.43 Å². The Labute approximate surface area is 155 Å². The van der Waals surface area contributed by atoms with E-state index in [1.807, 2.05) is 31.2 Å². The highest BCUT2D eigenvalue weighted by Crippen LogP contribution is 2.23. The molecule has 126 valence electrons. The second-order valence-electron chi connectivity index (χ2n) is 5.60. The molecule has 0 spiro atoms. The average molecular weight is 372 g/mol. The lowest BCUT2D eigenvalue weighted by Crippen LogP contribution is -2.20. The number of nitrogens with one attached hydrogen (secondary N) is 1. The van der Waals surface area contributed by atoms with E-state index in [4.69, 9.17) is 23.2 Å². The fraction of sp³-hybridized carbons (Fsp3) is 0.105. The lowest BCUT2D eigenvalue weighted by atomic mass is 10.1. The number of amides is 1. The van der Waals surface area contributed by atoms with Crippen molar-refractivity contribution < 1.29 is 4.79 Å². The maximum Gasteiger partial charge on any atom is 0.272 e. The normalized spacial score (nSPS) is 11.6. The van der Waals surface area contributed by atoms with E-state index in [2.05, 4.69) is 15.5 Å². The highest BCUT2D eigenvalue weighted by atomic mass is 35.5. The van der Waals surface area contributed by atoms with Crippen molar-refractivity contribution in [1.82, 2.24) is 10.4 Å². The van der Waals surface area contributed by atoms with E-state index < -0.39 is 0 Å². The second-order valence-corrected chi connectivity index (χ2v) is 6.41. The number of pyridine rings is 1. The first-order valence-corrected chi connectivity index (χ1v) is 8.38. The first kappa shape index (κ1) is 17.4. The highest BCUT2D eigenvalue weighted by molar-refractivity contribution is 6.42. The summed E-state index contributed by atoms with van der Waals surface area (Å²) in [5.41, 5.74) is 6.09. The van der Waals surface area contributed by atoms with Crippen LogP contribution in [-0.2, 0) is 0 Å². The molecular formula is C19H15Cl2N3O. The van der Waals surface area contributed by atoms with Gasteiger partial charge in [-0.25, -0.2) is 5.43 Å². The van der Waals surface area contributed by atoms with Gasteiger partial charge in [0, 0.05) is 11.1 Å². The molecule has 0 unspecified atom stereocenters. The molecule has 4 nitrogen and oxygen atoms in total. The van der Waals surface area contributed by atoms with Crippen LogP contribution in [0.15, 0.2) is 53.6 Å². The summed E-state index contributed by atoms with van der Waals surface area (Å²) in [6.07, 6.45) is 0. The van der Waals surface area contributed by atoms with Crippen LogP contribution in [0.5, 0.6) is 0 Å². The van der Waals surface area contributed by atoms with Gasteiger partial charge in [-0.2, -0.15) is 5.10 Å². The van der Waals surface area contributed by atoms with E-state index in [-0.39, 0.29) is 5.91 Å². The molecule has 25 heavy (non-hydrogen) atoms. The van der Waals surface area contributed by atoms with Crippen molar-refractivity contribution in [3.63, 3.8) is 0 Å². The summed E-state index contributed by atoms with van der Waals surface area (Å²) in [6.45, 7) is 3.64. The molecule has 6 heteroatoms. The Morgan fingerprint density at radius 2 is 1.84 bits per heavy atom. The van der Waals surface area contributed by atoms with Crippen LogP contribution in [0.25, 0.3) is 10.9 Å². The van der Waals surface area contributed by atoms with Crippen LogP contribution in [0.3, 0.4) is 0 Å². The van der Waals surface area contributed by atoms with Gasteiger partial charge in [-0.1, -0.05) is 47.5 Å². The van der Waals surface area contributed by atoms with Gasteiger partial charge in [0.1, 0.15) is 0 Å². The topological polar surface area (TPSA) is 54.4 Å². The molecule has 3 rings (SSSR count). The van der Waals surface area contributed by atoms with E-state index in [1.54, 1.807) is 31.2 Å². The number of carbonyl (C=O) groups excluding carboxylic acids is 1. The maximum absolute atomic E-state index is 12.6. The fourth-order valence-corrected chi connectivity index (χ4v) is 2.77. The number of fused-ring (bicyclic) bond motifs is 1. The molecule has 1 heterocycles. The maximum atomic E-state index is 12.6. The monoisotopic (exact) mass is 371 g/mol. The third-order valence-electron chi connectivity index (χ3n) is 3.75. The van der Waals surface area contributed by atoms with Crippen molar-refractivity contribution in [2.75, 3.05) is 0 Å². The minimum Gasteiger partial charge on any atom is -0.267 e. The van der Waals surface area contributed by atoms with Crippen molar-refractivity contribution >= 4 is 45.7 Å². The Kier molecular flexibility index (Phi) is 5.02. The Bertz CT molecular complexity index is 999. The average Bonchev–Trinajstić information content (AvgIpc) is 2.60. The minimum absolute atomic E-state index is 0.291. The smallest absolute Gasteiger partial charge is 0.267 e. The van der Waals surface area contributed by atoms with Crippen LogP contribution in [-0.4, -0.2) is 16.6 Å². The van der Waals surface area contributed by atoms with E-state index in [0.717, 1.165) is 22.2 Å². The molecule has 2 aromatic carbocycles. The van der Waals surface area contributed by atoms with Crippen LogP contribution in [0.1, 0.15) is 28.5 Å². The summed E-state index contributed by atoms with van der Waals surface area (Å²) in [6, 6.07) is 14.5. The molecule has 0 aliphatic carbocycles. The van der Waals surface area contributed by atoms with Gasteiger partial charge in [-0.15, -0.1) is 0 Å². The standard InChI is InChI=1S/C19H15Cl2N3O/c1-11-9-15(14-5-3-4-6-18(14)22-11)19(25)24-23-12(2)13-7-8-16(20)17(21)10-13/h3-10H,1-2H3,(H,24,25). The largest absolute Gasteiger partial charge is 0.272 e. The highest BCUT2D eigenvalue weighted by Gasteiger charge is 2.11. The molecule has 0 radical (unpaired) electrons. The Morgan fingerprint density at radius 3 is 2.60 bits per heavy atom. The number of para-hydroxylation sites is 1. The number of hydrazone groups is 1. The molecule has 0 saturated carbocycles. The number of benzene rings is 2. The minimum atomic E-state index is -0.291. The zero-order chi connectivity index (χ0) is 18.0. The number of aromatic nitrogens is 1. The zero-order valence-electron chi connectivity index (χ0n) is 13.7. The van der Waals surface area contributed by atoms with E-state index in [1.165, 1.54) is 0 Å². The number of carbonyl (C=O) groups is 1. The quantitative estimate of drug-likeness (QED) is 0.519. The van der Waals surface area contributed by atoms with E-state index in [0.29, 0.717) is 21.3 Å². The molecule has 0 bridgehead atoms. The van der Waals surface area contributed by atoms with Crippen LogP contribution >= 0.6 is 23.2 Å². The number of hydrogen-bond donors (Lipinski definition) is 1. The van der Waals surface area contributed by atoms with Gasteiger partial charge in [0.2, 0.25) is 0 Å². The van der Waals surface area contributed by atoms with Crippen molar-refractivity contribution in [1.29, 1.82) is 0 Å². The third-order valence-corrected chi connectivity index (χ3v) is 4.49. The molecule has 3 aromatic rings. The van der Waals surface area contributed by atoms with Gasteiger partial charge in [-0.05, 0) is 43.7 Å². The third kappa shape index (κ3) is 3.81. The summed E-state index contributed by atoms with van der Waals surface area (Å²) in [5.74, 6) is -0.291. The van der Waals surface area contributed by atoms with Crippen molar-refractivity contribution in [3.05, 3.63) is 75.4 Å². The van der Waals surface area contributed by atoms with E-state index >= 15 is 0 Å². The molecule has 0 fully saturated rings. The van der Waals surface area contributed by atoms with Crippen LogP contribution in [0.4, 0.5) is 0 Å². The lowest BCUT2D eigenvalue weighted by Gasteiger charge is -2.07. The Hall–Kier alpha value is -2.43. The number of rotatable bonds is 3. The molecule has 0 aliphatic heterocycles. The first-order chi connectivity index (χ1) is 12.0. The predicted octanol–water partition coefficient (Wildman–Crippen LogP) is 5.00. The fourth-order valence-electron chi connectivity index (χ4n) is 2.48. The van der Waals surface area contributed by atoms with E-state index in [9.17, 15) is 4.79 Å². The number of aryl methyl sites for hydroxylation is 1. The van der Waals surface area contributed by atoms with Gasteiger partial charge < -0.3 is 0 Å². The summed E-state index contributed by atoms with van der Waals surface area (Å²) in [4.78, 5) is 17.0. The predicted molar refractivity (Wildman–Crippen MR) is 103 cm³/mol. The SMILES string of the molecule is CC(=NNC(=O)c1cc(C)nc2ccccc12)c1ccc(Cl)c(Cl)c1. The molecule has 0 atom stereocenters. The molecule has 0 aliphatic rings. The lowest BCUT2D eigenvalue weighted by molar-refractivity contribution is 0.0956. The molecule has 0 saturated heterocycles. The summed E-state index contributed by atoms with van der Waals surface area (Å²) >= 11 is 11.9. The molecule has 1 amide bonds. The number of nitrogens with zero attached hydrogens (tertiary/aromatic N) is 2. The molecular weight excluding hydrogens is 357 g/mol. The summed E-state index contributed by atoms with van der Waals surface area (Å²) in [5, 5.41) is 5.87. The van der Waals surface area contributed by atoms with Gasteiger partial charge >= 0.3 is 0 Å². The molecule has 1 N–H and O–H groups in total. The Balaban J connectivity index is 1.88. The summed E-state index contributed by atoms with van der Waals surface area (Å²) < 4.78 is 0. The first-order valence-electron chi connectivity index (χ1n) is 7.62. The van der Waals surface area contributed by atoms with Gasteiger partial charge in [0.15, 0.2) is 0 Å². The van der Waals surface area contributed by atoms with Crippen molar-refractivity contribution in [3.8, 4) is 0 Å².